The zero-order chi connectivity index (χ0) is 12.7. The topological polar surface area (TPSA) is 70.6 Å². The molecule has 0 bridgehead atoms. The molecule has 0 unspecified atom stereocenters. The average molecular weight is 238 g/mol. The number of methoxy groups -OCH3 is 1. The zero-order valence-corrected chi connectivity index (χ0v) is 10.1. The van der Waals surface area contributed by atoms with Crippen molar-refractivity contribution in [2.45, 2.75) is 13.3 Å². The monoisotopic (exact) mass is 238 g/mol. The largest absolute Gasteiger partial charge is 0.495 e. The number of aliphatic hydroxyl groups excluding tert-OH is 1. The highest BCUT2D eigenvalue weighted by Crippen LogP contribution is 2.24. The molecule has 0 saturated carbocycles. The zero-order valence-electron chi connectivity index (χ0n) is 10.1. The van der Waals surface area contributed by atoms with Crippen LogP contribution in [0.2, 0.25) is 0 Å². The van der Waals surface area contributed by atoms with Gasteiger partial charge in [0.15, 0.2) is 0 Å². The molecular formula is C12H18N2O3. The third kappa shape index (κ3) is 4.32. The Morgan fingerprint density at radius 1 is 1.47 bits per heavy atom. The van der Waals surface area contributed by atoms with E-state index in [2.05, 4.69) is 10.6 Å². The van der Waals surface area contributed by atoms with E-state index in [0.717, 1.165) is 5.56 Å². The number of hydrogen-bond donors (Lipinski definition) is 3. The van der Waals surface area contributed by atoms with Gasteiger partial charge < -0.3 is 20.5 Å². The molecule has 5 nitrogen and oxygen atoms in total. The van der Waals surface area contributed by atoms with E-state index in [1.54, 1.807) is 13.2 Å². The van der Waals surface area contributed by atoms with Gasteiger partial charge in [-0.15, -0.1) is 0 Å². The van der Waals surface area contributed by atoms with Crippen LogP contribution in [0.4, 0.5) is 10.5 Å². The molecule has 0 heterocycles. The SMILES string of the molecule is COc1ccc(C)cc1NC(=O)NCCCO. The molecule has 0 spiro atoms. The third-order valence-corrected chi connectivity index (χ3v) is 2.22. The maximum Gasteiger partial charge on any atom is 0.319 e. The van der Waals surface area contributed by atoms with Crippen LogP contribution in [-0.4, -0.2) is 31.4 Å². The van der Waals surface area contributed by atoms with Crippen molar-refractivity contribution in [3.05, 3.63) is 23.8 Å². The molecule has 0 aromatic heterocycles. The fourth-order valence-electron chi connectivity index (χ4n) is 1.37. The highest BCUT2D eigenvalue weighted by molar-refractivity contribution is 5.91. The Morgan fingerprint density at radius 2 is 2.24 bits per heavy atom. The number of amides is 2. The normalized spacial score (nSPS) is 9.82. The number of anilines is 1. The molecule has 0 aliphatic carbocycles. The Balaban J connectivity index is 2.60. The molecule has 3 N–H and O–H groups in total. The molecule has 5 heteroatoms. The van der Waals surface area contributed by atoms with Crippen molar-refractivity contribution in [2.24, 2.45) is 0 Å². The second kappa shape index (κ2) is 6.75. The summed E-state index contributed by atoms with van der Waals surface area (Å²) < 4.78 is 5.14. The highest BCUT2D eigenvalue weighted by Gasteiger charge is 2.06. The summed E-state index contributed by atoms with van der Waals surface area (Å²) in [5, 5.41) is 13.9. The smallest absolute Gasteiger partial charge is 0.319 e. The summed E-state index contributed by atoms with van der Waals surface area (Å²) in [5.41, 5.74) is 1.67. The fourth-order valence-corrected chi connectivity index (χ4v) is 1.37. The van der Waals surface area contributed by atoms with Crippen LogP contribution in [0.15, 0.2) is 18.2 Å². The molecule has 0 aliphatic heterocycles. The Hall–Kier alpha value is -1.75. The van der Waals surface area contributed by atoms with E-state index in [0.29, 0.717) is 24.4 Å². The number of carbonyl (C=O) groups excluding carboxylic acids is 1. The Morgan fingerprint density at radius 3 is 2.88 bits per heavy atom. The lowest BCUT2D eigenvalue weighted by molar-refractivity contribution is 0.248. The first-order valence-corrected chi connectivity index (χ1v) is 5.47. The molecule has 1 aromatic rings. The summed E-state index contributed by atoms with van der Waals surface area (Å²) in [4.78, 5) is 11.5. The van der Waals surface area contributed by atoms with Crippen LogP contribution in [0, 0.1) is 6.92 Å². The van der Waals surface area contributed by atoms with Gasteiger partial charge in [-0.05, 0) is 31.0 Å². The molecule has 2 amide bonds. The molecule has 0 fully saturated rings. The Kier molecular flexibility index (Phi) is 5.29. The molecule has 0 radical (unpaired) electrons. The third-order valence-electron chi connectivity index (χ3n) is 2.22. The molecule has 0 aliphatic rings. The van der Waals surface area contributed by atoms with Crippen molar-refractivity contribution in [1.82, 2.24) is 5.32 Å². The van der Waals surface area contributed by atoms with Crippen LogP contribution in [0.25, 0.3) is 0 Å². The fraction of sp³-hybridized carbons (Fsp3) is 0.417. The van der Waals surface area contributed by atoms with Crippen molar-refractivity contribution in [1.29, 1.82) is 0 Å². The second-order valence-electron chi connectivity index (χ2n) is 3.66. The van der Waals surface area contributed by atoms with Gasteiger partial charge in [0, 0.05) is 13.2 Å². The van der Waals surface area contributed by atoms with E-state index in [1.165, 1.54) is 0 Å². The van der Waals surface area contributed by atoms with Gasteiger partial charge >= 0.3 is 6.03 Å². The standard InChI is InChI=1S/C12H18N2O3/c1-9-4-5-11(17-2)10(8-9)14-12(16)13-6-3-7-15/h4-5,8,15H,3,6-7H2,1-2H3,(H2,13,14,16). The van der Waals surface area contributed by atoms with Crippen LogP contribution >= 0.6 is 0 Å². The number of aryl methyl sites for hydroxylation is 1. The molecule has 1 rings (SSSR count). The van der Waals surface area contributed by atoms with Gasteiger partial charge in [-0.3, -0.25) is 0 Å². The van der Waals surface area contributed by atoms with Crippen LogP contribution in [-0.2, 0) is 0 Å². The number of rotatable bonds is 5. The predicted octanol–water partition coefficient (Wildman–Crippen LogP) is 1.51. The summed E-state index contributed by atoms with van der Waals surface area (Å²) >= 11 is 0. The summed E-state index contributed by atoms with van der Waals surface area (Å²) in [6.45, 7) is 2.44. The van der Waals surface area contributed by atoms with Crippen molar-refractivity contribution in [3.8, 4) is 5.75 Å². The van der Waals surface area contributed by atoms with Gasteiger partial charge in [-0.1, -0.05) is 6.07 Å². The first-order valence-electron chi connectivity index (χ1n) is 5.47. The quantitative estimate of drug-likeness (QED) is 0.681. The van der Waals surface area contributed by atoms with E-state index in [-0.39, 0.29) is 12.6 Å². The van der Waals surface area contributed by atoms with E-state index in [4.69, 9.17) is 9.84 Å². The number of nitrogens with one attached hydrogen (secondary N) is 2. The lowest BCUT2D eigenvalue weighted by Gasteiger charge is -2.11. The minimum absolute atomic E-state index is 0.0635. The summed E-state index contributed by atoms with van der Waals surface area (Å²) in [6, 6.07) is 5.25. The highest BCUT2D eigenvalue weighted by atomic mass is 16.5. The summed E-state index contributed by atoms with van der Waals surface area (Å²) in [7, 11) is 1.56. The van der Waals surface area contributed by atoms with Crippen LogP contribution < -0.4 is 15.4 Å². The lowest BCUT2D eigenvalue weighted by atomic mass is 10.2. The van der Waals surface area contributed by atoms with E-state index >= 15 is 0 Å². The molecule has 0 atom stereocenters. The number of urea groups is 1. The van der Waals surface area contributed by atoms with Crippen LogP contribution in [0.1, 0.15) is 12.0 Å². The second-order valence-corrected chi connectivity index (χ2v) is 3.66. The number of aliphatic hydroxyl groups is 1. The first kappa shape index (κ1) is 13.3. The van der Waals surface area contributed by atoms with Crippen molar-refractivity contribution in [3.63, 3.8) is 0 Å². The summed E-state index contributed by atoms with van der Waals surface area (Å²) in [5.74, 6) is 0.618. The van der Waals surface area contributed by atoms with Crippen molar-refractivity contribution < 1.29 is 14.6 Å². The molecule has 0 saturated heterocycles. The molecule has 17 heavy (non-hydrogen) atoms. The van der Waals surface area contributed by atoms with Gasteiger partial charge in [-0.2, -0.15) is 0 Å². The molecule has 1 aromatic carbocycles. The number of ether oxygens (including phenoxy) is 1. The van der Waals surface area contributed by atoms with Gasteiger partial charge in [-0.25, -0.2) is 4.79 Å². The number of carbonyl (C=O) groups is 1. The average Bonchev–Trinajstić information content (AvgIpc) is 2.29. The van der Waals surface area contributed by atoms with E-state index in [1.807, 2.05) is 19.1 Å². The maximum atomic E-state index is 11.5. The van der Waals surface area contributed by atoms with Crippen LogP contribution in [0.5, 0.6) is 5.75 Å². The Labute approximate surface area is 101 Å². The first-order chi connectivity index (χ1) is 8.17. The van der Waals surface area contributed by atoms with Gasteiger partial charge in [0.05, 0.1) is 12.8 Å². The number of benzene rings is 1. The maximum absolute atomic E-state index is 11.5. The van der Waals surface area contributed by atoms with Crippen LogP contribution in [0.3, 0.4) is 0 Å². The van der Waals surface area contributed by atoms with Gasteiger partial charge in [0.1, 0.15) is 5.75 Å². The van der Waals surface area contributed by atoms with E-state index in [9.17, 15) is 4.79 Å². The van der Waals surface area contributed by atoms with Crippen molar-refractivity contribution in [2.75, 3.05) is 25.6 Å². The van der Waals surface area contributed by atoms with E-state index < -0.39 is 0 Å². The molecule has 94 valence electrons. The minimum atomic E-state index is -0.303. The minimum Gasteiger partial charge on any atom is -0.495 e. The summed E-state index contributed by atoms with van der Waals surface area (Å²) in [6.07, 6.45) is 0.540. The Bertz CT molecular complexity index is 380. The molecular weight excluding hydrogens is 220 g/mol. The predicted molar refractivity (Wildman–Crippen MR) is 66.5 cm³/mol. The van der Waals surface area contributed by atoms with Gasteiger partial charge in [0.2, 0.25) is 0 Å². The number of hydrogen-bond acceptors (Lipinski definition) is 3. The lowest BCUT2D eigenvalue weighted by Crippen LogP contribution is -2.30. The van der Waals surface area contributed by atoms with Gasteiger partial charge in [0.25, 0.3) is 0 Å². The van der Waals surface area contributed by atoms with Crippen molar-refractivity contribution >= 4 is 11.7 Å².